The molecule has 0 saturated heterocycles. The summed E-state index contributed by atoms with van der Waals surface area (Å²) in [6.45, 7) is -1.10. The molecule has 2 rings (SSSR count). The Bertz CT molecular complexity index is 896. The minimum absolute atomic E-state index is 0.0126. The normalized spacial score (nSPS) is 11.0. The number of nitrogens with one attached hydrogen (secondary N) is 1. The van der Waals surface area contributed by atoms with Gasteiger partial charge < -0.3 is 9.47 Å². The summed E-state index contributed by atoms with van der Waals surface area (Å²) in [4.78, 5) is 23.8. The van der Waals surface area contributed by atoms with Crippen LogP contribution in [0.1, 0.15) is 10.4 Å². The van der Waals surface area contributed by atoms with Gasteiger partial charge in [-0.1, -0.05) is 28.1 Å². The number of methoxy groups -OCH3 is 1. The predicted octanol–water partition coefficient (Wildman–Crippen LogP) is 2.16. The Labute approximate surface area is 159 Å². The standard InChI is InChI=1S/C17H16BrNO6S/c1-24-16-5-3-2-4-14(16)15(20)11-25-17(21)10-19-26(22,23)13-8-6-12(18)7-9-13/h2-9,19H,10-11H2,1H3. The van der Waals surface area contributed by atoms with Gasteiger partial charge in [0.05, 0.1) is 17.6 Å². The van der Waals surface area contributed by atoms with Crippen LogP contribution in [0.15, 0.2) is 57.9 Å². The summed E-state index contributed by atoms with van der Waals surface area (Å²) in [5.74, 6) is -0.954. The molecule has 0 aromatic heterocycles. The average Bonchev–Trinajstić information content (AvgIpc) is 2.64. The molecule has 0 spiro atoms. The zero-order valence-corrected chi connectivity index (χ0v) is 16.2. The number of esters is 1. The zero-order valence-electron chi connectivity index (χ0n) is 13.8. The fourth-order valence-electron chi connectivity index (χ4n) is 2.00. The average molecular weight is 442 g/mol. The van der Waals surface area contributed by atoms with Crippen molar-refractivity contribution in [2.75, 3.05) is 20.3 Å². The molecule has 0 saturated carbocycles. The largest absolute Gasteiger partial charge is 0.496 e. The first-order chi connectivity index (χ1) is 12.3. The maximum atomic E-state index is 12.1. The first-order valence-corrected chi connectivity index (χ1v) is 9.68. The smallest absolute Gasteiger partial charge is 0.321 e. The number of ketones is 1. The van der Waals surface area contributed by atoms with E-state index in [1.165, 1.54) is 19.2 Å². The van der Waals surface area contributed by atoms with E-state index in [2.05, 4.69) is 20.7 Å². The number of hydrogen-bond acceptors (Lipinski definition) is 6. The van der Waals surface area contributed by atoms with Crippen LogP contribution in [0.4, 0.5) is 0 Å². The van der Waals surface area contributed by atoms with E-state index in [1.807, 2.05) is 0 Å². The summed E-state index contributed by atoms with van der Waals surface area (Å²) in [6.07, 6.45) is 0. The molecule has 0 fully saturated rings. The molecule has 1 N–H and O–H groups in total. The van der Waals surface area contributed by atoms with Crippen molar-refractivity contribution < 1.29 is 27.5 Å². The minimum Gasteiger partial charge on any atom is -0.496 e. The Morgan fingerprint density at radius 1 is 1.08 bits per heavy atom. The molecule has 138 valence electrons. The number of carbonyl (C=O) groups excluding carboxylic acids is 2. The van der Waals surface area contributed by atoms with Crippen LogP contribution in [0.25, 0.3) is 0 Å². The highest BCUT2D eigenvalue weighted by Gasteiger charge is 2.18. The maximum absolute atomic E-state index is 12.1. The molecule has 0 aliphatic heterocycles. The number of ether oxygens (including phenoxy) is 2. The van der Waals surface area contributed by atoms with Gasteiger partial charge in [-0.25, -0.2) is 8.42 Å². The number of sulfonamides is 1. The lowest BCUT2D eigenvalue weighted by Crippen LogP contribution is -2.31. The Kier molecular flexibility index (Phi) is 6.90. The molecule has 0 radical (unpaired) electrons. The molecule has 0 bridgehead atoms. The van der Waals surface area contributed by atoms with E-state index in [1.54, 1.807) is 36.4 Å². The first kappa shape index (κ1) is 20.1. The lowest BCUT2D eigenvalue weighted by molar-refractivity contribution is -0.141. The third kappa shape index (κ3) is 5.38. The molecule has 0 atom stereocenters. The van der Waals surface area contributed by atoms with Gasteiger partial charge in [0.25, 0.3) is 0 Å². The molecule has 0 unspecified atom stereocenters. The van der Waals surface area contributed by atoms with Crippen LogP contribution in [0, 0.1) is 0 Å². The maximum Gasteiger partial charge on any atom is 0.321 e. The van der Waals surface area contributed by atoms with Crippen molar-refractivity contribution in [3.05, 3.63) is 58.6 Å². The zero-order chi connectivity index (χ0) is 19.2. The highest BCUT2D eigenvalue weighted by atomic mass is 79.9. The van der Waals surface area contributed by atoms with Crippen molar-refractivity contribution >= 4 is 37.7 Å². The van der Waals surface area contributed by atoms with E-state index in [-0.39, 0.29) is 10.5 Å². The minimum atomic E-state index is -3.85. The molecule has 2 aromatic rings. The van der Waals surface area contributed by atoms with Crippen molar-refractivity contribution in [2.24, 2.45) is 0 Å². The van der Waals surface area contributed by atoms with Crippen LogP contribution in [0.3, 0.4) is 0 Å². The number of Topliss-reactive ketones (excluding diaryl/α,β-unsaturated/α-hetero) is 1. The van der Waals surface area contributed by atoms with Gasteiger partial charge in [-0.15, -0.1) is 0 Å². The number of carbonyl (C=O) groups is 2. The fourth-order valence-corrected chi connectivity index (χ4v) is 3.23. The third-order valence-corrected chi connectivity index (χ3v) is 5.25. The van der Waals surface area contributed by atoms with Gasteiger partial charge in [-0.3, -0.25) is 9.59 Å². The fraction of sp³-hybridized carbons (Fsp3) is 0.176. The SMILES string of the molecule is COc1ccccc1C(=O)COC(=O)CNS(=O)(=O)c1ccc(Br)cc1. The van der Waals surface area contributed by atoms with E-state index >= 15 is 0 Å². The van der Waals surface area contributed by atoms with Crippen LogP contribution >= 0.6 is 15.9 Å². The van der Waals surface area contributed by atoms with Crippen molar-refractivity contribution in [1.29, 1.82) is 0 Å². The molecule has 9 heteroatoms. The van der Waals surface area contributed by atoms with Gasteiger partial charge in [0.2, 0.25) is 15.8 Å². The Balaban J connectivity index is 1.89. The summed E-state index contributed by atoms with van der Waals surface area (Å²) >= 11 is 3.21. The summed E-state index contributed by atoms with van der Waals surface area (Å²) in [5.41, 5.74) is 0.276. The highest BCUT2D eigenvalue weighted by Crippen LogP contribution is 2.18. The Morgan fingerprint density at radius 3 is 2.38 bits per heavy atom. The van der Waals surface area contributed by atoms with E-state index in [4.69, 9.17) is 9.47 Å². The number of halogens is 1. The van der Waals surface area contributed by atoms with Crippen molar-refractivity contribution in [1.82, 2.24) is 4.72 Å². The van der Waals surface area contributed by atoms with Gasteiger partial charge in [0, 0.05) is 4.47 Å². The second kappa shape index (κ2) is 8.93. The van der Waals surface area contributed by atoms with Gasteiger partial charge in [-0.05, 0) is 36.4 Å². The summed E-state index contributed by atoms with van der Waals surface area (Å²) in [5, 5.41) is 0. The van der Waals surface area contributed by atoms with Crippen LogP contribution in [-0.4, -0.2) is 40.4 Å². The third-order valence-electron chi connectivity index (χ3n) is 3.30. The molecule has 0 heterocycles. The Hall–Kier alpha value is -2.23. The molecule has 0 amide bonds. The number of benzene rings is 2. The first-order valence-electron chi connectivity index (χ1n) is 7.40. The summed E-state index contributed by atoms with van der Waals surface area (Å²) < 4.78 is 36.9. The number of para-hydroxylation sites is 1. The second-order valence-corrected chi connectivity index (χ2v) is 7.75. The second-order valence-electron chi connectivity index (χ2n) is 5.06. The van der Waals surface area contributed by atoms with Gasteiger partial charge in [0.1, 0.15) is 12.3 Å². The van der Waals surface area contributed by atoms with Crippen molar-refractivity contribution in [2.45, 2.75) is 4.90 Å². The van der Waals surface area contributed by atoms with E-state index in [0.29, 0.717) is 5.75 Å². The summed E-state index contributed by atoms with van der Waals surface area (Å²) in [6, 6.07) is 12.4. The van der Waals surface area contributed by atoms with Crippen molar-refractivity contribution in [3.63, 3.8) is 0 Å². The number of rotatable bonds is 8. The van der Waals surface area contributed by atoms with Crippen LogP contribution in [0.2, 0.25) is 0 Å². The van der Waals surface area contributed by atoms with Crippen LogP contribution < -0.4 is 9.46 Å². The molecule has 26 heavy (non-hydrogen) atoms. The summed E-state index contributed by atoms with van der Waals surface area (Å²) in [7, 11) is -2.42. The Morgan fingerprint density at radius 2 is 1.73 bits per heavy atom. The van der Waals surface area contributed by atoms with E-state index < -0.39 is 34.9 Å². The molecule has 2 aromatic carbocycles. The molecule has 7 nitrogen and oxygen atoms in total. The predicted molar refractivity (Wildman–Crippen MR) is 97.6 cm³/mol. The quantitative estimate of drug-likeness (QED) is 0.497. The number of hydrogen-bond donors (Lipinski definition) is 1. The van der Waals surface area contributed by atoms with E-state index in [0.717, 1.165) is 4.47 Å². The van der Waals surface area contributed by atoms with Gasteiger partial charge in [-0.2, -0.15) is 4.72 Å². The monoisotopic (exact) mass is 441 g/mol. The van der Waals surface area contributed by atoms with E-state index in [9.17, 15) is 18.0 Å². The molecular formula is C17H16BrNO6S. The molecular weight excluding hydrogens is 426 g/mol. The van der Waals surface area contributed by atoms with Gasteiger partial charge >= 0.3 is 5.97 Å². The van der Waals surface area contributed by atoms with Crippen LogP contribution in [0.5, 0.6) is 5.75 Å². The lowest BCUT2D eigenvalue weighted by Gasteiger charge is -2.09. The van der Waals surface area contributed by atoms with Crippen LogP contribution in [-0.2, 0) is 19.6 Å². The molecule has 0 aliphatic carbocycles. The van der Waals surface area contributed by atoms with Crippen molar-refractivity contribution in [3.8, 4) is 5.75 Å². The van der Waals surface area contributed by atoms with Gasteiger partial charge in [0.15, 0.2) is 6.61 Å². The highest BCUT2D eigenvalue weighted by molar-refractivity contribution is 9.10. The molecule has 0 aliphatic rings. The topological polar surface area (TPSA) is 98.8 Å². The lowest BCUT2D eigenvalue weighted by atomic mass is 10.1.